The number of allylic oxidation sites excluding steroid dienone is 22. The predicted molar refractivity (Wildman–Crippen MR) is 316 cm³/mol. The highest BCUT2D eigenvalue weighted by atomic mass is 16.6. The predicted octanol–water partition coefficient (Wildman–Crippen LogP) is 20.2. The van der Waals surface area contributed by atoms with E-state index in [1.54, 1.807) is 0 Å². The van der Waals surface area contributed by atoms with Crippen molar-refractivity contribution in [2.75, 3.05) is 13.2 Å². The summed E-state index contributed by atoms with van der Waals surface area (Å²) >= 11 is 0. The van der Waals surface area contributed by atoms with Crippen LogP contribution in [-0.4, -0.2) is 37.2 Å². The summed E-state index contributed by atoms with van der Waals surface area (Å²) < 4.78 is 16.8. The molecule has 1 atom stereocenters. The van der Waals surface area contributed by atoms with Crippen molar-refractivity contribution in [1.29, 1.82) is 0 Å². The van der Waals surface area contributed by atoms with Gasteiger partial charge in [0.05, 0.1) is 0 Å². The highest BCUT2D eigenvalue weighted by Gasteiger charge is 2.19. The number of rotatable bonds is 52. The van der Waals surface area contributed by atoms with Gasteiger partial charge in [-0.05, 0) is 128 Å². The molecule has 0 aliphatic heterocycles. The van der Waals surface area contributed by atoms with Gasteiger partial charge >= 0.3 is 17.9 Å². The molecule has 0 rings (SSSR count). The van der Waals surface area contributed by atoms with E-state index in [4.69, 9.17) is 14.2 Å². The van der Waals surface area contributed by atoms with Gasteiger partial charge in [-0.3, -0.25) is 14.4 Å². The number of carbonyl (C=O) groups is 3. The molecule has 0 fully saturated rings. The van der Waals surface area contributed by atoms with Gasteiger partial charge in [0.15, 0.2) is 6.10 Å². The molecule has 0 radical (unpaired) electrons. The molecule has 0 aromatic carbocycles. The normalized spacial score (nSPS) is 13.1. The van der Waals surface area contributed by atoms with E-state index in [0.717, 1.165) is 116 Å². The molecular weight excluding hydrogens is 901 g/mol. The van der Waals surface area contributed by atoms with Gasteiger partial charge in [0.25, 0.3) is 0 Å². The van der Waals surface area contributed by atoms with Crippen LogP contribution < -0.4 is 0 Å². The van der Waals surface area contributed by atoms with Crippen LogP contribution in [0.5, 0.6) is 0 Å². The maximum absolute atomic E-state index is 12.9. The lowest BCUT2D eigenvalue weighted by molar-refractivity contribution is -0.167. The molecule has 0 saturated heterocycles. The maximum atomic E-state index is 12.9. The van der Waals surface area contributed by atoms with E-state index in [0.29, 0.717) is 19.3 Å². The summed E-state index contributed by atoms with van der Waals surface area (Å²) in [5, 5.41) is 0. The Kier molecular flexibility index (Phi) is 56.4. The van der Waals surface area contributed by atoms with Crippen LogP contribution in [-0.2, 0) is 28.6 Å². The van der Waals surface area contributed by atoms with E-state index in [2.05, 4.69) is 154 Å². The minimum atomic E-state index is -0.822. The zero-order valence-corrected chi connectivity index (χ0v) is 47.1. The van der Waals surface area contributed by atoms with Crippen molar-refractivity contribution < 1.29 is 28.6 Å². The first kappa shape index (κ1) is 68.6. The van der Waals surface area contributed by atoms with E-state index in [9.17, 15) is 14.4 Å². The van der Waals surface area contributed by atoms with E-state index in [-0.39, 0.29) is 37.5 Å². The SMILES string of the molecule is CC/C=C\C/C=C\C/C=C\C/C=C\C/C=C\CCCCCC(=O)OCC(COC(=O)CCC/C=C\C/C=C\C/C=C\C/C=C\C/C=C\CC)OC(=O)CCCCCCCCCCC/C=C\CCCCCCCC. The highest BCUT2D eigenvalue weighted by molar-refractivity contribution is 5.71. The van der Waals surface area contributed by atoms with E-state index in [1.807, 2.05) is 0 Å². The van der Waals surface area contributed by atoms with Crippen LogP contribution in [0.4, 0.5) is 0 Å². The molecule has 0 aliphatic carbocycles. The molecule has 412 valence electrons. The Hall–Kier alpha value is -4.45. The standard InChI is InChI=1S/C67H108O6/c1-4-7-10-13-16-19-22-25-28-31-33-36-39-42-45-48-51-54-57-60-66(69)72-63-64(62-71-65(68)59-56-53-50-47-44-41-38-35-30-27-24-21-18-15-12-9-6-3)73-67(70)61-58-55-52-49-46-43-40-37-34-32-29-26-23-20-17-14-11-8-5-2/h7,9-10,12,16,18-19,21,25-30,33,36,38,41-42,45,47,50,64H,4-6,8,11,13-15,17,20,22-24,31-32,34-35,37,39-40,43-44,46,48-49,51-63H2,1-3H3/b10-7-,12-9-,19-16-,21-18-,28-25-,29-26-,30-27-,36-33-,41-38-,45-42-,50-47-. The molecule has 0 spiro atoms. The van der Waals surface area contributed by atoms with Crippen molar-refractivity contribution in [3.05, 3.63) is 134 Å². The van der Waals surface area contributed by atoms with Crippen LogP contribution in [0.1, 0.15) is 252 Å². The third-order valence-electron chi connectivity index (χ3n) is 12.1. The molecule has 0 amide bonds. The summed E-state index contributed by atoms with van der Waals surface area (Å²) in [4.78, 5) is 38.2. The van der Waals surface area contributed by atoms with Gasteiger partial charge in [-0.2, -0.15) is 0 Å². The molecule has 1 unspecified atom stereocenters. The Morgan fingerprint density at radius 1 is 0.288 bits per heavy atom. The first-order chi connectivity index (χ1) is 36.0. The van der Waals surface area contributed by atoms with Gasteiger partial charge in [-0.15, -0.1) is 0 Å². The molecule has 6 heteroatoms. The second-order valence-electron chi connectivity index (χ2n) is 19.1. The number of esters is 3. The molecule has 0 aliphatic rings. The van der Waals surface area contributed by atoms with Gasteiger partial charge in [-0.25, -0.2) is 0 Å². The summed E-state index contributed by atoms with van der Waals surface area (Å²) in [5.74, 6) is -1.01. The van der Waals surface area contributed by atoms with Crippen molar-refractivity contribution in [1.82, 2.24) is 0 Å². The fourth-order valence-corrected chi connectivity index (χ4v) is 7.73. The quantitative estimate of drug-likeness (QED) is 0.0261. The molecule has 0 bridgehead atoms. The molecule has 73 heavy (non-hydrogen) atoms. The van der Waals surface area contributed by atoms with E-state index >= 15 is 0 Å². The van der Waals surface area contributed by atoms with Crippen LogP contribution in [0.15, 0.2) is 134 Å². The van der Waals surface area contributed by atoms with Gasteiger partial charge in [0.1, 0.15) is 13.2 Å². The maximum Gasteiger partial charge on any atom is 0.306 e. The zero-order valence-electron chi connectivity index (χ0n) is 47.1. The lowest BCUT2D eigenvalue weighted by Gasteiger charge is -2.18. The Balaban J connectivity index is 4.54. The molecular formula is C67H108O6. The average molecular weight is 1010 g/mol. The lowest BCUT2D eigenvalue weighted by atomic mass is 10.1. The second-order valence-corrected chi connectivity index (χ2v) is 19.1. The summed E-state index contributed by atoms with van der Waals surface area (Å²) in [6, 6.07) is 0. The van der Waals surface area contributed by atoms with E-state index in [1.165, 1.54) is 89.9 Å². The van der Waals surface area contributed by atoms with Crippen molar-refractivity contribution in [3.8, 4) is 0 Å². The van der Waals surface area contributed by atoms with E-state index < -0.39 is 6.10 Å². The summed E-state index contributed by atoms with van der Waals surface area (Å²) in [6.07, 6.45) is 84.5. The topological polar surface area (TPSA) is 78.9 Å². The summed E-state index contributed by atoms with van der Waals surface area (Å²) in [6.45, 7) is 6.33. The van der Waals surface area contributed by atoms with Gasteiger partial charge in [0, 0.05) is 19.3 Å². The molecule has 0 heterocycles. The fraction of sp³-hybridized carbons (Fsp3) is 0.627. The number of unbranched alkanes of at least 4 members (excludes halogenated alkanes) is 19. The smallest absolute Gasteiger partial charge is 0.306 e. The number of carbonyl (C=O) groups excluding carboxylic acids is 3. The summed E-state index contributed by atoms with van der Waals surface area (Å²) in [5.41, 5.74) is 0. The van der Waals surface area contributed by atoms with Gasteiger partial charge in [0.2, 0.25) is 0 Å². The number of hydrogen-bond donors (Lipinski definition) is 0. The summed E-state index contributed by atoms with van der Waals surface area (Å²) in [7, 11) is 0. The Morgan fingerprint density at radius 3 is 0.918 bits per heavy atom. The Morgan fingerprint density at radius 2 is 0.548 bits per heavy atom. The van der Waals surface area contributed by atoms with Gasteiger partial charge < -0.3 is 14.2 Å². The van der Waals surface area contributed by atoms with Crippen LogP contribution in [0.2, 0.25) is 0 Å². The molecule has 0 N–H and O–H groups in total. The second kappa shape index (κ2) is 60.1. The van der Waals surface area contributed by atoms with Crippen molar-refractivity contribution in [2.24, 2.45) is 0 Å². The lowest BCUT2D eigenvalue weighted by Crippen LogP contribution is -2.30. The first-order valence-corrected chi connectivity index (χ1v) is 29.7. The highest BCUT2D eigenvalue weighted by Crippen LogP contribution is 2.14. The van der Waals surface area contributed by atoms with Crippen molar-refractivity contribution >= 4 is 17.9 Å². The van der Waals surface area contributed by atoms with Crippen LogP contribution in [0.3, 0.4) is 0 Å². The van der Waals surface area contributed by atoms with Crippen LogP contribution in [0, 0.1) is 0 Å². The number of hydrogen-bond acceptors (Lipinski definition) is 6. The average Bonchev–Trinajstić information content (AvgIpc) is 3.39. The minimum Gasteiger partial charge on any atom is -0.462 e. The fourth-order valence-electron chi connectivity index (χ4n) is 7.73. The van der Waals surface area contributed by atoms with Gasteiger partial charge in [-0.1, -0.05) is 238 Å². The molecule has 0 aromatic rings. The van der Waals surface area contributed by atoms with Crippen LogP contribution >= 0.6 is 0 Å². The molecule has 6 nitrogen and oxygen atoms in total. The molecule has 0 aromatic heterocycles. The third-order valence-corrected chi connectivity index (χ3v) is 12.1. The van der Waals surface area contributed by atoms with Crippen molar-refractivity contribution in [3.63, 3.8) is 0 Å². The first-order valence-electron chi connectivity index (χ1n) is 29.7. The van der Waals surface area contributed by atoms with Crippen LogP contribution in [0.25, 0.3) is 0 Å². The van der Waals surface area contributed by atoms with Crippen molar-refractivity contribution in [2.45, 2.75) is 258 Å². The Labute approximate surface area is 449 Å². The third kappa shape index (κ3) is 58.3. The monoisotopic (exact) mass is 1010 g/mol. The largest absolute Gasteiger partial charge is 0.462 e. The Bertz CT molecular complexity index is 1580. The minimum absolute atomic E-state index is 0.118. The zero-order chi connectivity index (χ0) is 52.9. The molecule has 0 saturated carbocycles. The number of ether oxygens (including phenoxy) is 3.